The fourth-order valence-corrected chi connectivity index (χ4v) is 11.2. The number of hydrogen-bond acceptors (Lipinski definition) is 4. The van der Waals surface area contributed by atoms with Gasteiger partial charge in [-0.25, -0.2) is 0 Å². The van der Waals surface area contributed by atoms with Crippen LogP contribution in [0.15, 0.2) is 72.3 Å². The zero-order valence-electron chi connectivity index (χ0n) is 22.3. The molecule has 36 heavy (non-hydrogen) atoms. The van der Waals surface area contributed by atoms with Gasteiger partial charge in [0, 0.05) is 18.9 Å². The van der Waals surface area contributed by atoms with E-state index >= 15 is 0 Å². The molecule has 0 aliphatic heterocycles. The summed E-state index contributed by atoms with van der Waals surface area (Å²) in [6.07, 6.45) is 7.20. The molecule has 0 radical (unpaired) electrons. The zero-order valence-corrected chi connectivity index (χ0v) is 23.3. The van der Waals surface area contributed by atoms with Crippen LogP contribution in [0.4, 0.5) is 0 Å². The molecule has 2 aromatic carbocycles. The molecule has 4 rings (SSSR count). The maximum Gasteiger partial charge on any atom is 0.305 e. The smallest absolute Gasteiger partial charge is 0.305 e. The summed E-state index contributed by atoms with van der Waals surface area (Å²) in [5.41, 5.74) is 1.48. The Morgan fingerprint density at radius 3 is 2.19 bits per heavy atom. The quantitative estimate of drug-likeness (QED) is 0.219. The number of methoxy groups -OCH3 is 1. The number of esters is 1. The lowest BCUT2D eigenvalue weighted by atomic mass is 9.92. The molecule has 0 heterocycles. The van der Waals surface area contributed by atoms with Gasteiger partial charge in [0.1, 0.15) is 0 Å². The molecule has 4 nitrogen and oxygen atoms in total. The highest BCUT2D eigenvalue weighted by Gasteiger charge is 2.52. The van der Waals surface area contributed by atoms with Crippen LogP contribution in [-0.4, -0.2) is 39.2 Å². The van der Waals surface area contributed by atoms with Crippen LogP contribution in [0.1, 0.15) is 59.3 Å². The van der Waals surface area contributed by atoms with Gasteiger partial charge in [-0.3, -0.25) is 4.79 Å². The third kappa shape index (κ3) is 5.53. The Hall–Kier alpha value is -2.21. The Bertz CT molecular complexity index is 988. The van der Waals surface area contributed by atoms with Crippen LogP contribution in [-0.2, 0) is 14.0 Å². The van der Waals surface area contributed by atoms with Gasteiger partial charge in [-0.1, -0.05) is 93.1 Å². The number of hydrogen-bond donors (Lipinski definition) is 1. The van der Waals surface area contributed by atoms with Gasteiger partial charge in [0.15, 0.2) is 0 Å². The Morgan fingerprint density at radius 2 is 1.64 bits per heavy atom. The van der Waals surface area contributed by atoms with Crippen LogP contribution in [0.25, 0.3) is 0 Å². The number of benzene rings is 2. The van der Waals surface area contributed by atoms with Crippen LogP contribution in [0, 0.1) is 17.8 Å². The summed E-state index contributed by atoms with van der Waals surface area (Å²) in [5.74, 6) is 1.00. The summed E-state index contributed by atoms with van der Waals surface area (Å²) in [7, 11) is -1.17. The molecule has 0 saturated heterocycles. The Labute approximate surface area is 217 Å². The number of unbranched alkanes of at least 4 members (excludes halogenated alkanes) is 1. The van der Waals surface area contributed by atoms with E-state index in [1.165, 1.54) is 23.1 Å². The molecule has 194 valence electrons. The predicted octanol–water partition coefficient (Wildman–Crippen LogP) is 5.24. The van der Waals surface area contributed by atoms with Gasteiger partial charge in [0.2, 0.25) is 0 Å². The SMILES string of the molecule is COC(=O)CCC/C=C1\C[C@H]2C[C@@H](O)[C@H](CO[Si](c3ccccc3)(c3ccccc3)C(C)(C)C)[C@H]2C1. The fourth-order valence-electron chi connectivity index (χ4n) is 6.61. The van der Waals surface area contributed by atoms with Gasteiger partial charge in [-0.05, 0) is 59.4 Å². The largest absolute Gasteiger partial charge is 0.469 e. The summed E-state index contributed by atoms with van der Waals surface area (Å²) in [4.78, 5) is 11.4. The van der Waals surface area contributed by atoms with E-state index < -0.39 is 8.32 Å². The molecular weight excluding hydrogens is 464 g/mol. The lowest BCUT2D eigenvalue weighted by Crippen LogP contribution is -2.67. The van der Waals surface area contributed by atoms with E-state index in [1.807, 2.05) is 0 Å². The summed E-state index contributed by atoms with van der Waals surface area (Å²) < 4.78 is 12.0. The average molecular weight is 507 g/mol. The molecular formula is C31H42O4Si. The Morgan fingerprint density at radius 1 is 1.03 bits per heavy atom. The van der Waals surface area contributed by atoms with Crippen molar-refractivity contribution in [2.75, 3.05) is 13.7 Å². The molecule has 2 aliphatic carbocycles. The average Bonchev–Trinajstić information content (AvgIpc) is 3.39. The van der Waals surface area contributed by atoms with Crippen molar-refractivity contribution in [1.29, 1.82) is 0 Å². The number of fused-ring (bicyclic) bond motifs is 1. The first-order valence-corrected chi connectivity index (χ1v) is 15.3. The second-order valence-electron chi connectivity index (χ2n) is 11.6. The number of carbonyl (C=O) groups excluding carboxylic acids is 1. The highest BCUT2D eigenvalue weighted by atomic mass is 28.4. The summed E-state index contributed by atoms with van der Waals surface area (Å²) in [6.45, 7) is 7.50. The van der Waals surface area contributed by atoms with Gasteiger partial charge < -0.3 is 14.3 Å². The predicted molar refractivity (Wildman–Crippen MR) is 148 cm³/mol. The summed E-state index contributed by atoms with van der Waals surface area (Å²) in [5, 5.41) is 13.6. The molecule has 4 atom stereocenters. The van der Waals surface area contributed by atoms with Crippen molar-refractivity contribution < 1.29 is 19.1 Å². The van der Waals surface area contributed by atoms with Gasteiger partial charge in [0.25, 0.3) is 8.32 Å². The van der Waals surface area contributed by atoms with E-state index in [2.05, 4.69) is 87.5 Å². The number of carbonyl (C=O) groups is 1. The maximum atomic E-state index is 11.4. The standard InChI is InChI=1S/C31H42O4Si/c1-31(2,3)36(25-14-7-5-8-15-25,26-16-9-6-10-17-26)35-22-28-27-20-23(19-24(27)21-29(28)32)13-11-12-18-30(33)34-4/h5-10,13-17,24,27-29,32H,11-12,18-22H2,1-4H3/b23-13+/t24-,27-,28+,29+/m0/s1. The molecule has 5 heteroatoms. The highest BCUT2D eigenvalue weighted by Crippen LogP contribution is 2.50. The van der Waals surface area contributed by atoms with Gasteiger partial charge >= 0.3 is 5.97 Å². The Balaban J connectivity index is 1.53. The normalized spacial score (nSPS) is 25.2. The minimum Gasteiger partial charge on any atom is -0.469 e. The van der Waals surface area contributed by atoms with E-state index in [9.17, 15) is 9.90 Å². The third-order valence-electron chi connectivity index (χ3n) is 8.37. The first-order chi connectivity index (χ1) is 17.3. The van der Waals surface area contributed by atoms with Crippen LogP contribution in [0.3, 0.4) is 0 Å². The van der Waals surface area contributed by atoms with E-state index in [4.69, 9.17) is 9.16 Å². The van der Waals surface area contributed by atoms with Crippen molar-refractivity contribution in [2.24, 2.45) is 17.8 Å². The molecule has 1 N–H and O–H groups in total. The molecule has 2 aliphatic rings. The lowest BCUT2D eigenvalue weighted by Gasteiger charge is -2.44. The summed E-state index contributed by atoms with van der Waals surface area (Å²) in [6, 6.07) is 21.5. The zero-order chi connectivity index (χ0) is 25.8. The van der Waals surface area contributed by atoms with Crippen LogP contribution < -0.4 is 10.4 Å². The highest BCUT2D eigenvalue weighted by molar-refractivity contribution is 6.99. The first kappa shape index (κ1) is 26.8. The molecule has 0 amide bonds. The number of ether oxygens (including phenoxy) is 1. The van der Waals surface area contributed by atoms with Gasteiger partial charge in [-0.2, -0.15) is 0 Å². The first-order valence-electron chi connectivity index (χ1n) is 13.4. The number of aliphatic hydroxyl groups is 1. The molecule has 0 aromatic heterocycles. The third-order valence-corrected chi connectivity index (χ3v) is 13.4. The van der Waals surface area contributed by atoms with Gasteiger partial charge in [-0.15, -0.1) is 0 Å². The Kier molecular flexibility index (Phi) is 8.54. The molecule has 2 saturated carbocycles. The van der Waals surface area contributed by atoms with Crippen LogP contribution in [0.5, 0.6) is 0 Å². The minimum absolute atomic E-state index is 0.0704. The second-order valence-corrected chi connectivity index (χ2v) is 15.9. The van der Waals surface area contributed by atoms with Crippen molar-refractivity contribution in [2.45, 2.75) is 70.4 Å². The molecule has 0 unspecified atom stereocenters. The summed E-state index contributed by atoms with van der Waals surface area (Å²) >= 11 is 0. The fraction of sp³-hybridized carbons (Fsp3) is 0.516. The number of aliphatic hydroxyl groups excluding tert-OH is 1. The lowest BCUT2D eigenvalue weighted by molar-refractivity contribution is -0.140. The minimum atomic E-state index is -2.62. The van der Waals surface area contributed by atoms with Crippen molar-refractivity contribution >= 4 is 24.7 Å². The van der Waals surface area contributed by atoms with Crippen molar-refractivity contribution in [1.82, 2.24) is 0 Å². The van der Waals surface area contributed by atoms with E-state index in [0.29, 0.717) is 24.9 Å². The van der Waals surface area contributed by atoms with Gasteiger partial charge in [0.05, 0.1) is 13.2 Å². The molecule has 0 bridgehead atoms. The van der Waals surface area contributed by atoms with Crippen molar-refractivity contribution in [3.8, 4) is 0 Å². The van der Waals surface area contributed by atoms with Crippen molar-refractivity contribution in [3.63, 3.8) is 0 Å². The maximum absolute atomic E-state index is 11.4. The molecule has 2 aromatic rings. The van der Waals surface area contributed by atoms with E-state index in [1.54, 1.807) is 0 Å². The van der Waals surface area contributed by atoms with Crippen LogP contribution >= 0.6 is 0 Å². The van der Waals surface area contributed by atoms with E-state index in [-0.39, 0.29) is 23.0 Å². The number of allylic oxidation sites excluding steroid dienone is 2. The molecule has 2 fully saturated rings. The van der Waals surface area contributed by atoms with Crippen molar-refractivity contribution in [3.05, 3.63) is 72.3 Å². The van der Waals surface area contributed by atoms with E-state index in [0.717, 1.165) is 32.1 Å². The second kappa shape index (κ2) is 11.5. The monoisotopic (exact) mass is 506 g/mol. The molecule has 0 spiro atoms. The topological polar surface area (TPSA) is 55.8 Å². The number of rotatable bonds is 9. The van der Waals surface area contributed by atoms with Crippen LogP contribution in [0.2, 0.25) is 5.04 Å².